The van der Waals surface area contributed by atoms with Crippen molar-refractivity contribution in [1.29, 1.82) is 0 Å². The first kappa shape index (κ1) is 25.3. The van der Waals surface area contributed by atoms with Crippen LogP contribution in [0.5, 0.6) is 17.2 Å². The van der Waals surface area contributed by atoms with Gasteiger partial charge in [0, 0.05) is 23.6 Å². The molecular formula is C29H35NO4. The van der Waals surface area contributed by atoms with Crippen LogP contribution < -0.4 is 4.74 Å². The van der Waals surface area contributed by atoms with E-state index in [-0.39, 0.29) is 23.0 Å². The third-order valence-electron chi connectivity index (χ3n) is 6.15. The molecular weight excluding hydrogens is 426 g/mol. The Morgan fingerprint density at radius 2 is 1.59 bits per heavy atom. The molecule has 0 amide bonds. The number of ether oxygens (including phenoxy) is 1. The summed E-state index contributed by atoms with van der Waals surface area (Å²) in [6.07, 6.45) is 0.853. The Balaban J connectivity index is 2.00. The number of aryl methyl sites for hydroxylation is 1. The molecule has 0 aliphatic heterocycles. The number of rotatable bonds is 9. The highest BCUT2D eigenvalue weighted by Crippen LogP contribution is 2.36. The van der Waals surface area contributed by atoms with E-state index >= 15 is 0 Å². The zero-order valence-electron chi connectivity index (χ0n) is 20.7. The normalized spacial score (nSPS) is 12.4. The van der Waals surface area contributed by atoms with Crippen molar-refractivity contribution >= 4 is 5.97 Å². The number of phenols is 2. The molecule has 0 unspecified atom stereocenters. The Kier molecular flexibility index (Phi) is 8.35. The molecule has 1 atom stereocenters. The molecule has 2 N–H and O–H groups in total. The van der Waals surface area contributed by atoms with Gasteiger partial charge in [0.25, 0.3) is 0 Å². The number of esters is 1. The Bertz CT molecular complexity index is 1100. The van der Waals surface area contributed by atoms with Crippen molar-refractivity contribution in [3.8, 4) is 17.2 Å². The lowest BCUT2D eigenvalue weighted by Gasteiger charge is -2.32. The second kappa shape index (κ2) is 11.2. The van der Waals surface area contributed by atoms with Crippen molar-refractivity contribution in [1.82, 2.24) is 4.90 Å². The van der Waals surface area contributed by atoms with Crippen LogP contribution >= 0.6 is 0 Å². The maximum atomic E-state index is 12.9. The first-order chi connectivity index (χ1) is 16.2. The summed E-state index contributed by atoms with van der Waals surface area (Å²) in [5.41, 5.74) is 3.07. The molecule has 0 saturated heterocycles. The lowest BCUT2D eigenvalue weighted by atomic mass is 9.86. The highest BCUT2D eigenvalue weighted by atomic mass is 16.5. The van der Waals surface area contributed by atoms with Crippen LogP contribution in [0.2, 0.25) is 0 Å². The summed E-state index contributed by atoms with van der Waals surface area (Å²) in [5, 5.41) is 19.9. The van der Waals surface area contributed by atoms with Crippen LogP contribution in [-0.4, -0.2) is 39.7 Å². The number of aromatic hydroxyl groups is 2. The molecule has 5 nitrogen and oxygen atoms in total. The molecule has 3 aromatic rings. The van der Waals surface area contributed by atoms with Gasteiger partial charge in [-0.25, -0.2) is 4.79 Å². The lowest BCUT2D eigenvalue weighted by Crippen LogP contribution is -2.38. The van der Waals surface area contributed by atoms with Gasteiger partial charge in [0.1, 0.15) is 22.8 Å². The molecule has 180 valence electrons. The number of hydrogen-bond donors (Lipinski definition) is 2. The summed E-state index contributed by atoms with van der Waals surface area (Å²) in [5.74, 6) is -0.593. The van der Waals surface area contributed by atoms with Crippen LogP contribution in [0.15, 0.2) is 66.7 Å². The third-order valence-corrected chi connectivity index (χ3v) is 6.15. The van der Waals surface area contributed by atoms with Gasteiger partial charge in [-0.2, -0.15) is 0 Å². The molecule has 3 rings (SSSR count). The Labute approximate surface area is 202 Å². The quantitative estimate of drug-likeness (QED) is 0.223. The zero-order valence-corrected chi connectivity index (χ0v) is 20.7. The number of carbonyl (C=O) groups excluding carboxylic acids is 1. The van der Waals surface area contributed by atoms with Gasteiger partial charge in [0.2, 0.25) is 0 Å². The summed E-state index contributed by atoms with van der Waals surface area (Å²) in [4.78, 5) is 15.4. The van der Waals surface area contributed by atoms with E-state index in [1.54, 1.807) is 6.07 Å². The van der Waals surface area contributed by atoms with Gasteiger partial charge in [0.15, 0.2) is 0 Å². The topological polar surface area (TPSA) is 70.0 Å². The predicted molar refractivity (Wildman–Crippen MR) is 136 cm³/mol. The molecule has 0 aliphatic rings. The maximum Gasteiger partial charge on any atom is 0.347 e. The average Bonchev–Trinajstić information content (AvgIpc) is 2.79. The molecule has 0 fully saturated rings. The standard InChI is InChI=1S/C29H35NO4/c1-19(2)30(20(3)4)16-15-24(22-9-7-6-8-10-22)25-17-21(5)11-14-28(25)34-29(33)26-18-23(31)12-13-27(26)32/h6-14,17-20,24,31-32H,15-16H2,1-5H3/t24-/m1/s1. The molecule has 0 spiro atoms. The van der Waals surface area contributed by atoms with Crippen molar-refractivity contribution in [3.63, 3.8) is 0 Å². The van der Waals surface area contributed by atoms with E-state index in [0.717, 1.165) is 29.7 Å². The van der Waals surface area contributed by atoms with E-state index in [2.05, 4.69) is 50.8 Å². The van der Waals surface area contributed by atoms with E-state index in [1.165, 1.54) is 18.2 Å². The predicted octanol–water partition coefficient (Wildman–Crippen LogP) is 6.27. The van der Waals surface area contributed by atoms with Crippen molar-refractivity contribution in [3.05, 3.63) is 89.0 Å². The molecule has 0 bridgehead atoms. The summed E-state index contributed by atoms with van der Waals surface area (Å²) in [6, 6.07) is 20.7. The number of hydrogen-bond acceptors (Lipinski definition) is 5. The van der Waals surface area contributed by atoms with Crippen LogP contribution in [0.4, 0.5) is 0 Å². The highest BCUT2D eigenvalue weighted by molar-refractivity contribution is 5.94. The van der Waals surface area contributed by atoms with Gasteiger partial charge in [-0.3, -0.25) is 4.90 Å². The molecule has 0 aromatic heterocycles. The van der Waals surface area contributed by atoms with Crippen LogP contribution in [0, 0.1) is 6.92 Å². The van der Waals surface area contributed by atoms with Crippen molar-refractivity contribution in [2.24, 2.45) is 0 Å². The summed E-state index contributed by atoms with van der Waals surface area (Å²) in [6.45, 7) is 11.7. The first-order valence-corrected chi connectivity index (χ1v) is 11.8. The summed E-state index contributed by atoms with van der Waals surface area (Å²) in [7, 11) is 0. The highest BCUT2D eigenvalue weighted by Gasteiger charge is 2.24. The summed E-state index contributed by atoms with van der Waals surface area (Å²) < 4.78 is 5.80. The van der Waals surface area contributed by atoms with E-state index in [1.807, 2.05) is 31.2 Å². The molecule has 3 aromatic carbocycles. The third kappa shape index (κ3) is 6.17. The molecule has 0 radical (unpaired) electrons. The van der Waals surface area contributed by atoms with Crippen LogP contribution in [0.25, 0.3) is 0 Å². The second-order valence-electron chi connectivity index (χ2n) is 9.31. The van der Waals surface area contributed by atoms with Crippen molar-refractivity contribution in [2.45, 2.75) is 59.0 Å². The summed E-state index contributed by atoms with van der Waals surface area (Å²) >= 11 is 0. The number of nitrogens with zero attached hydrogens (tertiary/aromatic N) is 1. The molecule has 34 heavy (non-hydrogen) atoms. The van der Waals surface area contributed by atoms with Gasteiger partial charge < -0.3 is 14.9 Å². The second-order valence-corrected chi connectivity index (χ2v) is 9.31. The average molecular weight is 462 g/mol. The van der Waals surface area contributed by atoms with Gasteiger partial charge >= 0.3 is 5.97 Å². The Morgan fingerprint density at radius 3 is 2.24 bits per heavy atom. The van der Waals surface area contributed by atoms with Crippen LogP contribution in [0.1, 0.15) is 67.1 Å². The fraction of sp³-hybridized carbons (Fsp3) is 0.345. The fourth-order valence-corrected chi connectivity index (χ4v) is 4.45. The monoisotopic (exact) mass is 461 g/mol. The SMILES string of the molecule is Cc1ccc(OC(=O)c2cc(O)ccc2O)c([C@H](CCN(C(C)C)C(C)C)c2ccccc2)c1. The number of benzene rings is 3. The Hall–Kier alpha value is -3.31. The Morgan fingerprint density at radius 1 is 0.912 bits per heavy atom. The van der Waals surface area contributed by atoms with E-state index in [0.29, 0.717) is 17.8 Å². The smallest absolute Gasteiger partial charge is 0.347 e. The van der Waals surface area contributed by atoms with Gasteiger partial charge in [-0.1, -0.05) is 48.0 Å². The molecule has 5 heteroatoms. The maximum absolute atomic E-state index is 12.9. The van der Waals surface area contributed by atoms with Crippen LogP contribution in [0.3, 0.4) is 0 Å². The van der Waals surface area contributed by atoms with E-state index < -0.39 is 5.97 Å². The van der Waals surface area contributed by atoms with E-state index in [9.17, 15) is 15.0 Å². The van der Waals surface area contributed by atoms with Crippen molar-refractivity contribution < 1.29 is 19.7 Å². The number of phenolic OH excluding ortho intramolecular Hbond substituents is 2. The van der Waals surface area contributed by atoms with Gasteiger partial charge in [-0.15, -0.1) is 0 Å². The largest absolute Gasteiger partial charge is 0.508 e. The van der Waals surface area contributed by atoms with Gasteiger partial charge in [0.05, 0.1) is 0 Å². The molecule has 0 saturated carbocycles. The minimum atomic E-state index is -0.712. The van der Waals surface area contributed by atoms with Crippen LogP contribution in [-0.2, 0) is 0 Å². The van der Waals surface area contributed by atoms with E-state index in [4.69, 9.17) is 4.74 Å². The fourth-order valence-electron chi connectivity index (χ4n) is 4.45. The van der Waals surface area contributed by atoms with Gasteiger partial charge in [-0.05, 0) is 77.4 Å². The minimum absolute atomic E-state index is 0.0154. The zero-order chi connectivity index (χ0) is 24.8. The molecule has 0 aliphatic carbocycles. The number of carbonyl (C=O) groups is 1. The molecule has 0 heterocycles. The van der Waals surface area contributed by atoms with Crippen molar-refractivity contribution in [2.75, 3.05) is 6.54 Å². The minimum Gasteiger partial charge on any atom is -0.508 e. The lowest BCUT2D eigenvalue weighted by molar-refractivity contribution is 0.0729. The first-order valence-electron chi connectivity index (χ1n) is 11.8.